The van der Waals surface area contributed by atoms with Crippen molar-refractivity contribution in [3.63, 3.8) is 0 Å². The molecular weight excluding hydrogens is 339 g/mol. The normalized spacial score (nSPS) is 18.0. The van der Waals surface area contributed by atoms with Gasteiger partial charge in [0.25, 0.3) is 5.56 Å². The fourth-order valence-corrected chi connectivity index (χ4v) is 4.10. The zero-order valence-corrected chi connectivity index (χ0v) is 14.5. The summed E-state index contributed by atoms with van der Waals surface area (Å²) in [4.78, 5) is 19.8. The van der Waals surface area contributed by atoms with Crippen molar-refractivity contribution in [2.24, 2.45) is 5.73 Å². The summed E-state index contributed by atoms with van der Waals surface area (Å²) in [7, 11) is 0. The average molecular weight is 358 g/mol. The minimum atomic E-state index is -0.308. The van der Waals surface area contributed by atoms with Gasteiger partial charge in [-0.2, -0.15) is 0 Å². The Labute approximate surface area is 148 Å². The summed E-state index contributed by atoms with van der Waals surface area (Å²) in [5, 5.41) is 1.87. The van der Waals surface area contributed by atoms with Crippen molar-refractivity contribution in [3.8, 4) is 0 Å². The number of thiophene rings is 1. The molecule has 0 bridgehead atoms. The highest BCUT2D eigenvalue weighted by molar-refractivity contribution is 7.17. The monoisotopic (exact) mass is 358 g/mol. The molecule has 25 heavy (non-hydrogen) atoms. The van der Waals surface area contributed by atoms with Crippen molar-refractivity contribution in [3.05, 3.63) is 57.4 Å². The summed E-state index contributed by atoms with van der Waals surface area (Å²) in [5.41, 5.74) is 7.47. The highest BCUT2D eigenvalue weighted by atomic mass is 32.1. The number of nitrogens with zero attached hydrogens (tertiary/aromatic N) is 3. The Kier molecular flexibility index (Phi) is 4.27. The van der Waals surface area contributed by atoms with Crippen molar-refractivity contribution in [1.29, 1.82) is 0 Å². The summed E-state index contributed by atoms with van der Waals surface area (Å²) in [5.74, 6) is 0.313. The molecule has 0 saturated carbocycles. The molecule has 3 aromatic rings. The molecule has 1 saturated heterocycles. The van der Waals surface area contributed by atoms with Crippen molar-refractivity contribution in [2.75, 3.05) is 18.0 Å². The Morgan fingerprint density at radius 1 is 1.36 bits per heavy atom. The molecule has 0 radical (unpaired) electrons. The van der Waals surface area contributed by atoms with Gasteiger partial charge in [-0.3, -0.25) is 9.36 Å². The fraction of sp³-hybridized carbons (Fsp3) is 0.333. The van der Waals surface area contributed by atoms with Crippen LogP contribution >= 0.6 is 11.3 Å². The van der Waals surface area contributed by atoms with Gasteiger partial charge in [-0.15, -0.1) is 11.3 Å². The molecule has 2 N–H and O–H groups in total. The molecule has 0 amide bonds. The van der Waals surface area contributed by atoms with Crippen LogP contribution in [0.5, 0.6) is 0 Å². The quantitative estimate of drug-likeness (QED) is 0.782. The van der Waals surface area contributed by atoms with E-state index in [9.17, 15) is 9.18 Å². The molecule has 7 heteroatoms. The zero-order chi connectivity index (χ0) is 17.4. The molecule has 1 atom stereocenters. The van der Waals surface area contributed by atoms with E-state index in [1.165, 1.54) is 23.5 Å². The predicted molar refractivity (Wildman–Crippen MR) is 98.8 cm³/mol. The van der Waals surface area contributed by atoms with E-state index >= 15 is 0 Å². The van der Waals surface area contributed by atoms with Gasteiger partial charge < -0.3 is 10.6 Å². The highest BCUT2D eigenvalue weighted by Gasteiger charge is 2.23. The van der Waals surface area contributed by atoms with E-state index < -0.39 is 0 Å². The number of hydrogen-bond donors (Lipinski definition) is 1. The lowest BCUT2D eigenvalue weighted by Gasteiger charge is -2.33. The van der Waals surface area contributed by atoms with Crippen LogP contribution in [0.3, 0.4) is 0 Å². The third kappa shape index (κ3) is 3.17. The number of nitrogens with two attached hydrogens (primary N) is 1. The third-order valence-corrected chi connectivity index (χ3v) is 5.41. The first kappa shape index (κ1) is 16.2. The molecule has 0 spiro atoms. The Hall–Kier alpha value is -2.25. The van der Waals surface area contributed by atoms with Gasteiger partial charge in [-0.05, 0) is 42.0 Å². The number of halogens is 1. The van der Waals surface area contributed by atoms with Crippen LogP contribution in [0.25, 0.3) is 10.2 Å². The maximum atomic E-state index is 13.6. The number of anilines is 1. The summed E-state index contributed by atoms with van der Waals surface area (Å²) in [6, 6.07) is 8.27. The van der Waals surface area contributed by atoms with E-state index in [4.69, 9.17) is 10.7 Å². The van der Waals surface area contributed by atoms with E-state index in [0.29, 0.717) is 29.3 Å². The average Bonchev–Trinajstić information content (AvgIpc) is 3.06. The first-order valence-corrected chi connectivity index (χ1v) is 9.23. The van der Waals surface area contributed by atoms with Gasteiger partial charge in [0.15, 0.2) is 0 Å². The van der Waals surface area contributed by atoms with Crippen LogP contribution in [0, 0.1) is 5.82 Å². The largest absolute Gasteiger partial charge is 0.341 e. The van der Waals surface area contributed by atoms with E-state index in [1.807, 2.05) is 17.5 Å². The number of hydrogen-bond acceptors (Lipinski definition) is 5. The molecule has 4 rings (SSSR count). The Balaban J connectivity index is 1.83. The fourth-order valence-electron chi connectivity index (χ4n) is 3.33. The summed E-state index contributed by atoms with van der Waals surface area (Å²) in [6.45, 7) is 1.78. The van der Waals surface area contributed by atoms with Crippen molar-refractivity contribution < 1.29 is 4.39 Å². The van der Waals surface area contributed by atoms with E-state index in [-0.39, 0.29) is 17.4 Å². The molecule has 5 nitrogen and oxygen atoms in total. The van der Waals surface area contributed by atoms with Gasteiger partial charge in [-0.25, -0.2) is 9.37 Å². The number of benzene rings is 1. The molecule has 1 unspecified atom stereocenters. The number of piperidine rings is 1. The Morgan fingerprint density at radius 2 is 2.24 bits per heavy atom. The van der Waals surface area contributed by atoms with Crippen molar-refractivity contribution in [2.45, 2.75) is 25.4 Å². The molecule has 130 valence electrons. The molecule has 1 fully saturated rings. The van der Waals surface area contributed by atoms with Gasteiger partial charge in [0.2, 0.25) is 5.95 Å². The van der Waals surface area contributed by atoms with Crippen molar-refractivity contribution in [1.82, 2.24) is 9.55 Å². The van der Waals surface area contributed by atoms with Gasteiger partial charge in [-0.1, -0.05) is 12.1 Å². The maximum Gasteiger partial charge on any atom is 0.273 e. The van der Waals surface area contributed by atoms with E-state index in [2.05, 4.69) is 4.90 Å². The van der Waals surface area contributed by atoms with Crippen molar-refractivity contribution >= 4 is 27.5 Å². The Morgan fingerprint density at radius 3 is 3.04 bits per heavy atom. The first-order chi connectivity index (χ1) is 12.1. The lowest BCUT2D eigenvalue weighted by molar-refractivity contribution is 0.492. The lowest BCUT2D eigenvalue weighted by atomic mass is 10.1. The maximum absolute atomic E-state index is 13.6. The zero-order valence-electron chi connectivity index (χ0n) is 13.7. The van der Waals surface area contributed by atoms with Crippen LogP contribution < -0.4 is 16.2 Å². The molecule has 1 aromatic carbocycles. The van der Waals surface area contributed by atoms with Crippen LogP contribution in [0.2, 0.25) is 0 Å². The van der Waals surface area contributed by atoms with Crippen LogP contribution in [0.1, 0.15) is 18.4 Å². The molecular formula is C18H19FN4OS. The number of aromatic nitrogens is 2. The second-order valence-electron chi connectivity index (χ2n) is 6.42. The summed E-state index contributed by atoms with van der Waals surface area (Å²) >= 11 is 1.38. The minimum absolute atomic E-state index is 0.0754. The predicted octanol–water partition coefficient (Wildman–Crippen LogP) is 2.57. The molecule has 1 aliphatic rings. The standard InChI is InChI=1S/C18H19FN4OS/c19-13-4-1-3-12(9-13)10-23-17(24)16-15(6-8-25-16)21-18(23)22-7-2-5-14(20)11-22/h1,3-4,6,8-9,14H,2,5,7,10-11,20H2. The third-order valence-electron chi connectivity index (χ3n) is 4.52. The van der Waals surface area contributed by atoms with E-state index in [1.54, 1.807) is 10.6 Å². The molecule has 3 heterocycles. The van der Waals surface area contributed by atoms with Crippen LogP contribution in [0.4, 0.5) is 10.3 Å². The van der Waals surface area contributed by atoms with Crippen LogP contribution in [0.15, 0.2) is 40.5 Å². The smallest absolute Gasteiger partial charge is 0.273 e. The van der Waals surface area contributed by atoms with Gasteiger partial charge in [0, 0.05) is 19.1 Å². The van der Waals surface area contributed by atoms with Crippen LogP contribution in [-0.4, -0.2) is 28.7 Å². The number of rotatable bonds is 3. The van der Waals surface area contributed by atoms with Gasteiger partial charge >= 0.3 is 0 Å². The SMILES string of the molecule is NC1CCCN(c2nc3ccsc3c(=O)n2Cc2cccc(F)c2)C1. The lowest BCUT2D eigenvalue weighted by Crippen LogP contribution is -2.45. The number of fused-ring (bicyclic) bond motifs is 1. The topological polar surface area (TPSA) is 64.2 Å². The minimum Gasteiger partial charge on any atom is -0.341 e. The second kappa shape index (κ2) is 6.57. The second-order valence-corrected chi connectivity index (χ2v) is 7.33. The van der Waals surface area contributed by atoms with Crippen LogP contribution in [-0.2, 0) is 6.54 Å². The summed E-state index contributed by atoms with van der Waals surface area (Å²) in [6.07, 6.45) is 1.95. The molecule has 1 aliphatic heterocycles. The van der Waals surface area contributed by atoms with E-state index in [0.717, 1.165) is 24.9 Å². The molecule has 2 aromatic heterocycles. The first-order valence-electron chi connectivity index (χ1n) is 8.35. The van der Waals surface area contributed by atoms with Gasteiger partial charge in [0.05, 0.1) is 12.1 Å². The molecule has 0 aliphatic carbocycles. The highest BCUT2D eigenvalue weighted by Crippen LogP contribution is 2.22. The van der Waals surface area contributed by atoms with Gasteiger partial charge in [0.1, 0.15) is 10.5 Å². The Bertz CT molecular complexity index is 967. The summed E-state index contributed by atoms with van der Waals surface area (Å²) < 4.78 is 15.8.